The predicted molar refractivity (Wildman–Crippen MR) is 112 cm³/mol. The number of hydrazone groups is 1. The standard InChI is InChI=1S/C22H18ClFN2O2S/c1-15-2-4-16(5-3-15)21-14-22(17-6-8-18(23)9-7-17)26(25-21)29(27,28)20-12-10-19(24)11-13-20/h2-13,22H,14H2,1H3. The zero-order chi connectivity index (χ0) is 20.6. The van der Waals surface area contributed by atoms with Gasteiger partial charge in [-0.3, -0.25) is 0 Å². The molecule has 0 aromatic heterocycles. The van der Waals surface area contributed by atoms with Crippen LogP contribution in [0.1, 0.15) is 29.2 Å². The molecule has 7 heteroatoms. The number of rotatable bonds is 4. The highest BCUT2D eigenvalue weighted by molar-refractivity contribution is 7.89. The molecule has 0 radical (unpaired) electrons. The molecule has 148 valence electrons. The monoisotopic (exact) mass is 428 g/mol. The number of sulfonamides is 1. The maximum atomic E-state index is 13.3. The van der Waals surface area contributed by atoms with Crippen LogP contribution in [-0.2, 0) is 10.0 Å². The van der Waals surface area contributed by atoms with Gasteiger partial charge < -0.3 is 0 Å². The van der Waals surface area contributed by atoms with Gasteiger partial charge in [-0.1, -0.05) is 53.6 Å². The molecular formula is C22H18ClFN2O2S. The quantitative estimate of drug-likeness (QED) is 0.564. The van der Waals surface area contributed by atoms with Crippen LogP contribution in [0.5, 0.6) is 0 Å². The van der Waals surface area contributed by atoms with Crippen molar-refractivity contribution in [1.82, 2.24) is 4.41 Å². The van der Waals surface area contributed by atoms with Gasteiger partial charge in [0.25, 0.3) is 10.0 Å². The number of benzene rings is 3. The molecule has 0 saturated heterocycles. The Morgan fingerprint density at radius 2 is 1.59 bits per heavy atom. The first-order valence-corrected chi connectivity index (χ1v) is 10.9. The smallest absolute Gasteiger partial charge is 0.207 e. The topological polar surface area (TPSA) is 49.7 Å². The molecule has 29 heavy (non-hydrogen) atoms. The van der Waals surface area contributed by atoms with E-state index in [9.17, 15) is 12.8 Å². The summed E-state index contributed by atoms with van der Waals surface area (Å²) in [4.78, 5) is -0.00762. The Labute approximate surface area is 174 Å². The Balaban J connectivity index is 1.79. The molecule has 1 aliphatic rings. The second-order valence-electron chi connectivity index (χ2n) is 6.92. The van der Waals surface area contributed by atoms with Gasteiger partial charge in [0, 0.05) is 11.4 Å². The lowest BCUT2D eigenvalue weighted by atomic mass is 9.99. The Morgan fingerprint density at radius 1 is 0.966 bits per heavy atom. The highest BCUT2D eigenvalue weighted by atomic mass is 35.5. The molecular weight excluding hydrogens is 411 g/mol. The van der Waals surface area contributed by atoms with Crippen molar-refractivity contribution in [2.75, 3.05) is 0 Å². The van der Waals surface area contributed by atoms with Crippen LogP contribution >= 0.6 is 11.6 Å². The van der Waals surface area contributed by atoms with Crippen molar-refractivity contribution in [2.24, 2.45) is 5.10 Å². The number of nitrogens with zero attached hydrogens (tertiary/aromatic N) is 2. The van der Waals surface area contributed by atoms with Crippen molar-refractivity contribution in [1.29, 1.82) is 0 Å². The highest BCUT2D eigenvalue weighted by Gasteiger charge is 2.37. The molecule has 0 N–H and O–H groups in total. The number of aryl methyl sites for hydroxylation is 1. The minimum Gasteiger partial charge on any atom is -0.207 e. The minimum atomic E-state index is -3.97. The fourth-order valence-corrected chi connectivity index (χ4v) is 4.84. The van der Waals surface area contributed by atoms with Crippen molar-refractivity contribution < 1.29 is 12.8 Å². The van der Waals surface area contributed by atoms with Gasteiger partial charge in [-0.15, -0.1) is 0 Å². The first kappa shape index (κ1) is 19.6. The normalized spacial score (nSPS) is 16.7. The summed E-state index contributed by atoms with van der Waals surface area (Å²) >= 11 is 6.00. The molecule has 1 heterocycles. The average molecular weight is 429 g/mol. The van der Waals surface area contributed by atoms with Crippen molar-refractivity contribution in [2.45, 2.75) is 24.3 Å². The van der Waals surface area contributed by atoms with Crippen LogP contribution in [0.25, 0.3) is 0 Å². The van der Waals surface area contributed by atoms with E-state index in [1.165, 1.54) is 12.1 Å². The number of hydrogen-bond acceptors (Lipinski definition) is 3. The van der Waals surface area contributed by atoms with E-state index in [0.717, 1.165) is 33.2 Å². The molecule has 4 nitrogen and oxygen atoms in total. The third kappa shape index (κ3) is 3.91. The summed E-state index contributed by atoms with van der Waals surface area (Å²) in [6.45, 7) is 1.99. The van der Waals surface area contributed by atoms with E-state index < -0.39 is 21.9 Å². The minimum absolute atomic E-state index is 0.00762. The maximum Gasteiger partial charge on any atom is 0.279 e. The molecule has 1 unspecified atom stereocenters. The second kappa shape index (κ2) is 7.61. The lowest BCUT2D eigenvalue weighted by Gasteiger charge is -2.23. The molecule has 0 aliphatic carbocycles. The van der Waals surface area contributed by atoms with E-state index in [1.807, 2.05) is 31.2 Å². The lowest BCUT2D eigenvalue weighted by molar-refractivity contribution is 0.371. The van der Waals surface area contributed by atoms with E-state index in [0.29, 0.717) is 17.2 Å². The summed E-state index contributed by atoms with van der Waals surface area (Å²) in [6, 6.07) is 19.1. The van der Waals surface area contributed by atoms with Crippen LogP contribution < -0.4 is 0 Å². The van der Waals surface area contributed by atoms with Gasteiger partial charge in [0.1, 0.15) is 5.82 Å². The second-order valence-corrected chi connectivity index (χ2v) is 9.15. The number of halogens is 2. The van der Waals surface area contributed by atoms with Crippen LogP contribution in [-0.4, -0.2) is 18.5 Å². The van der Waals surface area contributed by atoms with E-state index in [4.69, 9.17) is 11.6 Å². The first-order valence-electron chi connectivity index (χ1n) is 9.04. The van der Waals surface area contributed by atoms with Crippen molar-refractivity contribution in [3.63, 3.8) is 0 Å². The van der Waals surface area contributed by atoms with Crippen LogP contribution in [0.2, 0.25) is 5.02 Å². The Kier molecular flexibility index (Phi) is 5.15. The molecule has 1 aliphatic heterocycles. The highest BCUT2D eigenvalue weighted by Crippen LogP contribution is 2.37. The van der Waals surface area contributed by atoms with Gasteiger partial charge in [-0.25, -0.2) is 4.39 Å². The van der Waals surface area contributed by atoms with Crippen LogP contribution in [0.15, 0.2) is 82.8 Å². The van der Waals surface area contributed by atoms with Gasteiger partial charge in [-0.2, -0.15) is 17.9 Å². The third-order valence-corrected chi connectivity index (χ3v) is 6.82. The summed E-state index contributed by atoms with van der Waals surface area (Å²) in [5.74, 6) is -0.497. The summed E-state index contributed by atoms with van der Waals surface area (Å²) in [6.07, 6.45) is 0.422. The summed E-state index contributed by atoms with van der Waals surface area (Å²) in [5, 5.41) is 5.04. The summed E-state index contributed by atoms with van der Waals surface area (Å²) in [5.41, 5.74) is 3.44. The molecule has 3 aromatic carbocycles. The molecule has 4 rings (SSSR count). The van der Waals surface area contributed by atoms with Gasteiger partial charge in [0.15, 0.2) is 0 Å². The Morgan fingerprint density at radius 3 is 2.21 bits per heavy atom. The largest absolute Gasteiger partial charge is 0.279 e. The zero-order valence-electron chi connectivity index (χ0n) is 15.6. The van der Waals surface area contributed by atoms with Crippen LogP contribution in [0, 0.1) is 12.7 Å². The molecule has 1 atom stereocenters. The molecule has 0 saturated carbocycles. The lowest BCUT2D eigenvalue weighted by Crippen LogP contribution is -2.27. The van der Waals surface area contributed by atoms with Gasteiger partial charge >= 0.3 is 0 Å². The fourth-order valence-electron chi connectivity index (χ4n) is 3.28. The van der Waals surface area contributed by atoms with Crippen molar-refractivity contribution in [3.05, 3.63) is 100 Å². The first-order chi connectivity index (χ1) is 13.8. The van der Waals surface area contributed by atoms with Crippen LogP contribution in [0.3, 0.4) is 0 Å². The van der Waals surface area contributed by atoms with E-state index in [2.05, 4.69) is 5.10 Å². The summed E-state index contributed by atoms with van der Waals surface area (Å²) in [7, 11) is -3.97. The SMILES string of the molecule is Cc1ccc(C2=NN(S(=O)(=O)c3ccc(F)cc3)C(c3ccc(Cl)cc3)C2)cc1. The van der Waals surface area contributed by atoms with Gasteiger partial charge in [0.05, 0.1) is 16.6 Å². The van der Waals surface area contributed by atoms with Gasteiger partial charge in [0.2, 0.25) is 0 Å². The molecule has 0 spiro atoms. The van der Waals surface area contributed by atoms with Gasteiger partial charge in [-0.05, 0) is 54.4 Å². The van der Waals surface area contributed by atoms with Crippen molar-refractivity contribution >= 4 is 27.3 Å². The van der Waals surface area contributed by atoms with E-state index >= 15 is 0 Å². The average Bonchev–Trinajstić information content (AvgIpc) is 3.16. The fraction of sp³-hybridized carbons (Fsp3) is 0.136. The Hall–Kier alpha value is -2.70. The summed E-state index contributed by atoms with van der Waals surface area (Å²) < 4.78 is 41.0. The molecule has 3 aromatic rings. The third-order valence-electron chi connectivity index (χ3n) is 4.87. The predicted octanol–water partition coefficient (Wildman–Crippen LogP) is 5.33. The number of hydrogen-bond donors (Lipinski definition) is 0. The van der Waals surface area contributed by atoms with Crippen LogP contribution in [0.4, 0.5) is 4.39 Å². The zero-order valence-corrected chi connectivity index (χ0v) is 17.2. The van der Waals surface area contributed by atoms with E-state index in [-0.39, 0.29) is 4.90 Å². The Bertz CT molecular complexity index is 1160. The molecule has 0 bridgehead atoms. The van der Waals surface area contributed by atoms with E-state index in [1.54, 1.807) is 24.3 Å². The molecule has 0 fully saturated rings. The maximum absolute atomic E-state index is 13.3. The molecule has 0 amide bonds. The van der Waals surface area contributed by atoms with Crippen molar-refractivity contribution in [3.8, 4) is 0 Å².